The fourth-order valence-electron chi connectivity index (χ4n) is 1.83. The summed E-state index contributed by atoms with van der Waals surface area (Å²) in [6.45, 7) is 10.7. The van der Waals surface area contributed by atoms with Crippen molar-refractivity contribution in [3.05, 3.63) is 29.8 Å². The van der Waals surface area contributed by atoms with Crippen molar-refractivity contribution in [1.29, 1.82) is 0 Å². The molecule has 1 N–H and O–H groups in total. The Morgan fingerprint density at radius 1 is 1.22 bits per heavy atom. The average molecular weight is 249 g/mol. The second kappa shape index (κ2) is 8.15. The molecule has 0 fully saturated rings. The van der Waals surface area contributed by atoms with Gasteiger partial charge in [0.25, 0.3) is 0 Å². The van der Waals surface area contributed by atoms with Crippen LogP contribution in [-0.4, -0.2) is 19.2 Å². The summed E-state index contributed by atoms with van der Waals surface area (Å²) in [4.78, 5) is 0. The third-order valence-electron chi connectivity index (χ3n) is 3.00. The Morgan fingerprint density at radius 3 is 2.67 bits per heavy atom. The lowest BCUT2D eigenvalue weighted by Gasteiger charge is -2.16. The molecule has 0 aliphatic rings. The van der Waals surface area contributed by atoms with E-state index in [4.69, 9.17) is 4.74 Å². The number of benzene rings is 1. The number of hydrogen-bond acceptors (Lipinski definition) is 2. The van der Waals surface area contributed by atoms with E-state index in [2.05, 4.69) is 51.2 Å². The van der Waals surface area contributed by atoms with E-state index in [1.54, 1.807) is 0 Å². The van der Waals surface area contributed by atoms with Gasteiger partial charge >= 0.3 is 0 Å². The van der Waals surface area contributed by atoms with E-state index in [1.165, 1.54) is 18.4 Å². The highest BCUT2D eigenvalue weighted by Gasteiger charge is 2.05. The van der Waals surface area contributed by atoms with Crippen LogP contribution in [0.2, 0.25) is 0 Å². The van der Waals surface area contributed by atoms with E-state index in [-0.39, 0.29) is 6.10 Å². The van der Waals surface area contributed by atoms with Crippen LogP contribution in [0.4, 0.5) is 0 Å². The van der Waals surface area contributed by atoms with Gasteiger partial charge in [-0.3, -0.25) is 0 Å². The number of unbranched alkanes of at least 4 members (excludes halogenated alkanes) is 1. The summed E-state index contributed by atoms with van der Waals surface area (Å²) in [6, 6.07) is 8.41. The van der Waals surface area contributed by atoms with Crippen LogP contribution < -0.4 is 10.1 Å². The minimum absolute atomic E-state index is 0.212. The van der Waals surface area contributed by atoms with Gasteiger partial charge in [-0.05, 0) is 43.5 Å². The zero-order valence-corrected chi connectivity index (χ0v) is 12.2. The maximum Gasteiger partial charge on any atom is 0.120 e. The SMILES string of the molecule is CCCCNCC(C)Oc1cccc(C(C)C)c1. The number of nitrogens with one attached hydrogen (secondary N) is 1. The molecule has 1 aromatic rings. The van der Waals surface area contributed by atoms with E-state index >= 15 is 0 Å². The molecule has 0 bridgehead atoms. The Balaban J connectivity index is 2.39. The third-order valence-corrected chi connectivity index (χ3v) is 3.00. The Kier molecular flexibility index (Phi) is 6.81. The summed E-state index contributed by atoms with van der Waals surface area (Å²) in [5.41, 5.74) is 1.33. The molecule has 0 aromatic heterocycles. The van der Waals surface area contributed by atoms with Gasteiger partial charge in [-0.15, -0.1) is 0 Å². The highest BCUT2D eigenvalue weighted by molar-refractivity contribution is 5.30. The van der Waals surface area contributed by atoms with Gasteiger partial charge < -0.3 is 10.1 Å². The number of ether oxygens (including phenoxy) is 1. The Hall–Kier alpha value is -1.02. The predicted molar refractivity (Wildman–Crippen MR) is 78.4 cm³/mol. The molecule has 0 saturated heterocycles. The molecule has 1 rings (SSSR count). The molecule has 2 nitrogen and oxygen atoms in total. The Morgan fingerprint density at radius 2 is 2.00 bits per heavy atom. The maximum absolute atomic E-state index is 5.92. The number of hydrogen-bond donors (Lipinski definition) is 1. The monoisotopic (exact) mass is 249 g/mol. The summed E-state index contributed by atoms with van der Waals surface area (Å²) in [5, 5.41) is 3.42. The highest BCUT2D eigenvalue weighted by atomic mass is 16.5. The van der Waals surface area contributed by atoms with Crippen LogP contribution in [0.3, 0.4) is 0 Å². The largest absolute Gasteiger partial charge is 0.489 e. The van der Waals surface area contributed by atoms with Crippen molar-refractivity contribution < 1.29 is 4.74 Å². The minimum Gasteiger partial charge on any atom is -0.489 e. The molecule has 0 aliphatic carbocycles. The van der Waals surface area contributed by atoms with Crippen LogP contribution in [0.5, 0.6) is 5.75 Å². The van der Waals surface area contributed by atoms with Crippen LogP contribution in [0.25, 0.3) is 0 Å². The first-order chi connectivity index (χ1) is 8.63. The molecular weight excluding hydrogens is 222 g/mol. The molecule has 0 radical (unpaired) electrons. The first-order valence-electron chi connectivity index (χ1n) is 7.10. The minimum atomic E-state index is 0.212. The van der Waals surface area contributed by atoms with Crippen LogP contribution >= 0.6 is 0 Å². The molecule has 1 aromatic carbocycles. The van der Waals surface area contributed by atoms with Crippen LogP contribution in [0.1, 0.15) is 52.0 Å². The van der Waals surface area contributed by atoms with E-state index in [0.29, 0.717) is 5.92 Å². The summed E-state index contributed by atoms with van der Waals surface area (Å²) in [5.74, 6) is 1.53. The van der Waals surface area contributed by atoms with E-state index < -0.39 is 0 Å². The fourth-order valence-corrected chi connectivity index (χ4v) is 1.83. The summed E-state index contributed by atoms with van der Waals surface area (Å²) in [7, 11) is 0. The van der Waals surface area contributed by atoms with Gasteiger partial charge in [0.1, 0.15) is 11.9 Å². The quantitative estimate of drug-likeness (QED) is 0.704. The first-order valence-corrected chi connectivity index (χ1v) is 7.10. The van der Waals surface area contributed by atoms with E-state index in [0.717, 1.165) is 18.8 Å². The highest BCUT2D eigenvalue weighted by Crippen LogP contribution is 2.20. The van der Waals surface area contributed by atoms with Gasteiger partial charge in [-0.25, -0.2) is 0 Å². The van der Waals surface area contributed by atoms with Gasteiger partial charge in [-0.1, -0.05) is 39.3 Å². The molecule has 18 heavy (non-hydrogen) atoms. The molecule has 0 amide bonds. The Bertz CT molecular complexity index is 336. The summed E-state index contributed by atoms with van der Waals surface area (Å²) < 4.78 is 5.92. The van der Waals surface area contributed by atoms with Crippen LogP contribution in [0.15, 0.2) is 24.3 Å². The lowest BCUT2D eigenvalue weighted by Crippen LogP contribution is -2.29. The van der Waals surface area contributed by atoms with Crippen LogP contribution in [0, 0.1) is 0 Å². The molecule has 2 heteroatoms. The molecule has 0 spiro atoms. The number of rotatable bonds is 8. The van der Waals surface area contributed by atoms with Crippen molar-refractivity contribution in [2.24, 2.45) is 0 Å². The molecule has 102 valence electrons. The predicted octanol–water partition coefficient (Wildman–Crippen LogP) is 3.97. The fraction of sp³-hybridized carbons (Fsp3) is 0.625. The average Bonchev–Trinajstić information content (AvgIpc) is 2.35. The van der Waals surface area contributed by atoms with Crippen molar-refractivity contribution in [1.82, 2.24) is 5.32 Å². The van der Waals surface area contributed by atoms with Gasteiger partial charge in [0.2, 0.25) is 0 Å². The normalized spacial score (nSPS) is 12.7. The molecular formula is C16H27NO. The summed E-state index contributed by atoms with van der Waals surface area (Å²) >= 11 is 0. The lowest BCUT2D eigenvalue weighted by atomic mass is 10.0. The molecule has 1 atom stereocenters. The smallest absolute Gasteiger partial charge is 0.120 e. The van der Waals surface area contributed by atoms with Crippen LogP contribution in [-0.2, 0) is 0 Å². The second-order valence-corrected chi connectivity index (χ2v) is 5.21. The van der Waals surface area contributed by atoms with E-state index in [1.807, 2.05) is 6.07 Å². The van der Waals surface area contributed by atoms with Crippen molar-refractivity contribution in [3.63, 3.8) is 0 Å². The van der Waals surface area contributed by atoms with Crippen molar-refractivity contribution in [2.45, 2.75) is 52.6 Å². The Labute approximate surface area is 112 Å². The second-order valence-electron chi connectivity index (χ2n) is 5.21. The van der Waals surface area contributed by atoms with Crippen molar-refractivity contribution in [2.75, 3.05) is 13.1 Å². The van der Waals surface area contributed by atoms with E-state index in [9.17, 15) is 0 Å². The zero-order valence-electron chi connectivity index (χ0n) is 12.2. The van der Waals surface area contributed by atoms with Crippen molar-refractivity contribution in [3.8, 4) is 5.75 Å². The summed E-state index contributed by atoms with van der Waals surface area (Å²) in [6.07, 6.45) is 2.68. The zero-order chi connectivity index (χ0) is 13.4. The van der Waals surface area contributed by atoms with Gasteiger partial charge in [0.15, 0.2) is 0 Å². The molecule has 0 heterocycles. The molecule has 1 unspecified atom stereocenters. The topological polar surface area (TPSA) is 21.3 Å². The lowest BCUT2D eigenvalue weighted by molar-refractivity contribution is 0.217. The first kappa shape index (κ1) is 15.0. The molecule has 0 saturated carbocycles. The van der Waals surface area contributed by atoms with Crippen molar-refractivity contribution >= 4 is 0 Å². The van der Waals surface area contributed by atoms with Gasteiger partial charge in [-0.2, -0.15) is 0 Å². The standard InChI is InChI=1S/C16H27NO/c1-5-6-10-17-12-14(4)18-16-9-7-8-15(11-16)13(2)3/h7-9,11,13-14,17H,5-6,10,12H2,1-4H3. The van der Waals surface area contributed by atoms with Gasteiger partial charge in [0.05, 0.1) is 0 Å². The molecule has 0 aliphatic heterocycles. The van der Waals surface area contributed by atoms with Gasteiger partial charge in [0, 0.05) is 6.54 Å². The maximum atomic E-state index is 5.92. The third kappa shape index (κ3) is 5.54.